The topological polar surface area (TPSA) is 85.9 Å². The monoisotopic (exact) mass is 472 g/mol. The van der Waals surface area contributed by atoms with E-state index >= 15 is 0 Å². The molecule has 0 spiro atoms. The van der Waals surface area contributed by atoms with Crippen molar-refractivity contribution in [1.82, 2.24) is 10.6 Å². The third-order valence-electron chi connectivity index (χ3n) is 6.36. The second-order valence-corrected chi connectivity index (χ2v) is 9.23. The normalized spacial score (nSPS) is 15.6. The summed E-state index contributed by atoms with van der Waals surface area (Å²) in [5.41, 5.74) is 5.41. The number of benzene rings is 3. The Hall–Kier alpha value is -4.00. The van der Waals surface area contributed by atoms with Crippen molar-refractivity contribution in [1.29, 1.82) is 0 Å². The van der Waals surface area contributed by atoms with E-state index < -0.39 is 17.9 Å². The largest absolute Gasteiger partial charge is 0.449 e. The molecule has 0 saturated carbocycles. The van der Waals surface area contributed by atoms with Crippen molar-refractivity contribution in [3.05, 3.63) is 83.4 Å². The Kier molecular flexibility index (Phi) is 5.84. The molecule has 35 heavy (non-hydrogen) atoms. The number of carbonyl (C=O) groups is 2. The third kappa shape index (κ3) is 4.54. The second kappa shape index (κ2) is 8.98. The molecular weight excluding hydrogens is 444 g/mol. The molecule has 2 N–H and O–H groups in total. The Morgan fingerprint density at radius 3 is 2.23 bits per heavy atom. The van der Waals surface area contributed by atoms with E-state index in [1.165, 1.54) is 7.05 Å². The average Bonchev–Trinajstić information content (AvgIpc) is 3.34. The van der Waals surface area contributed by atoms with Crippen LogP contribution in [0.4, 0.5) is 4.79 Å². The van der Waals surface area contributed by atoms with Crippen LogP contribution in [0.3, 0.4) is 0 Å². The zero-order valence-electron chi connectivity index (χ0n) is 20.0. The number of nitrogens with one attached hydrogen (secondary N) is 2. The fourth-order valence-electron chi connectivity index (χ4n) is 4.80. The molecule has 1 aliphatic heterocycles. The lowest BCUT2D eigenvalue weighted by Gasteiger charge is -2.19. The Bertz CT molecular complexity index is 1240. The highest BCUT2D eigenvalue weighted by Gasteiger charge is 2.33. The average molecular weight is 473 g/mol. The molecule has 0 radical (unpaired) electrons. The maximum atomic E-state index is 12.8. The quantitative estimate of drug-likeness (QED) is 0.556. The van der Waals surface area contributed by atoms with Gasteiger partial charge in [-0.3, -0.25) is 4.79 Å². The van der Waals surface area contributed by atoms with Crippen LogP contribution in [-0.2, 0) is 16.0 Å². The van der Waals surface area contributed by atoms with E-state index in [0.717, 1.165) is 27.8 Å². The van der Waals surface area contributed by atoms with Gasteiger partial charge in [-0.2, -0.15) is 0 Å². The summed E-state index contributed by atoms with van der Waals surface area (Å²) in [6.07, 6.45) is -0.358. The van der Waals surface area contributed by atoms with Gasteiger partial charge in [0.05, 0.1) is 0 Å². The predicted octanol–water partition coefficient (Wildman–Crippen LogP) is 4.39. The van der Waals surface area contributed by atoms with Crippen LogP contribution in [0.15, 0.2) is 66.7 Å². The number of rotatable bonds is 6. The highest BCUT2D eigenvalue weighted by atomic mass is 16.7. The predicted molar refractivity (Wildman–Crippen MR) is 132 cm³/mol. The SMILES string of the molecule is CNC(=O)C(Cc1ccc2c(c1)OC(C)(C)O2)NC(=O)OCC1c2ccccc2-c2ccccc21. The Labute approximate surface area is 204 Å². The number of hydrogen-bond acceptors (Lipinski definition) is 5. The molecule has 0 fully saturated rings. The molecule has 1 aliphatic carbocycles. The maximum Gasteiger partial charge on any atom is 0.407 e. The Morgan fingerprint density at radius 1 is 0.943 bits per heavy atom. The third-order valence-corrected chi connectivity index (χ3v) is 6.36. The van der Waals surface area contributed by atoms with Crippen LogP contribution in [0.1, 0.15) is 36.5 Å². The van der Waals surface area contributed by atoms with Crippen molar-refractivity contribution in [2.24, 2.45) is 0 Å². The lowest BCUT2D eigenvalue weighted by molar-refractivity contribution is -0.122. The smallest absolute Gasteiger partial charge is 0.407 e. The van der Waals surface area contributed by atoms with E-state index in [1.807, 2.05) is 56.3 Å². The van der Waals surface area contributed by atoms with Crippen molar-refractivity contribution in [3.8, 4) is 22.6 Å². The molecule has 0 saturated heterocycles. The summed E-state index contributed by atoms with van der Waals surface area (Å²) in [6.45, 7) is 3.84. The first-order chi connectivity index (χ1) is 16.8. The van der Waals surface area contributed by atoms with Gasteiger partial charge in [-0.25, -0.2) is 4.79 Å². The molecular formula is C28H28N2O5. The molecule has 2 amide bonds. The van der Waals surface area contributed by atoms with Gasteiger partial charge in [-0.05, 0) is 39.9 Å². The minimum atomic E-state index is -0.802. The molecule has 3 aromatic rings. The van der Waals surface area contributed by atoms with Gasteiger partial charge in [-0.1, -0.05) is 54.6 Å². The summed E-state index contributed by atoms with van der Waals surface area (Å²) in [6, 6.07) is 21.0. The number of alkyl carbamates (subject to hydrolysis) is 1. The maximum absolute atomic E-state index is 12.8. The van der Waals surface area contributed by atoms with Crippen LogP contribution in [0.5, 0.6) is 11.5 Å². The minimum Gasteiger partial charge on any atom is -0.449 e. The fourth-order valence-corrected chi connectivity index (χ4v) is 4.80. The summed E-state index contributed by atoms with van der Waals surface area (Å²) >= 11 is 0. The molecule has 0 bridgehead atoms. The van der Waals surface area contributed by atoms with E-state index in [1.54, 1.807) is 0 Å². The lowest BCUT2D eigenvalue weighted by Crippen LogP contribution is -2.47. The highest BCUT2D eigenvalue weighted by Crippen LogP contribution is 2.44. The van der Waals surface area contributed by atoms with E-state index in [9.17, 15) is 9.59 Å². The summed E-state index contributed by atoms with van der Waals surface area (Å²) < 4.78 is 17.2. The zero-order chi connectivity index (χ0) is 24.6. The molecule has 1 heterocycles. The lowest BCUT2D eigenvalue weighted by atomic mass is 9.98. The molecule has 1 unspecified atom stereocenters. The first-order valence-electron chi connectivity index (χ1n) is 11.7. The standard InChI is InChI=1S/C28H28N2O5/c1-28(2)34-24-13-12-17(15-25(24)35-28)14-23(26(31)29-3)30-27(32)33-16-22-20-10-6-4-8-18(20)19-9-5-7-11-21(19)22/h4-13,15,22-23H,14,16H2,1-3H3,(H,29,31)(H,30,32). The highest BCUT2D eigenvalue weighted by molar-refractivity contribution is 5.86. The van der Waals surface area contributed by atoms with Crippen molar-refractivity contribution in [3.63, 3.8) is 0 Å². The van der Waals surface area contributed by atoms with Gasteiger partial charge in [0.1, 0.15) is 12.6 Å². The number of fused-ring (bicyclic) bond motifs is 4. The van der Waals surface area contributed by atoms with E-state index in [0.29, 0.717) is 11.5 Å². The van der Waals surface area contributed by atoms with Crippen LogP contribution in [-0.4, -0.2) is 37.5 Å². The van der Waals surface area contributed by atoms with Crippen LogP contribution < -0.4 is 20.1 Å². The Balaban J connectivity index is 1.26. The molecule has 1 atom stereocenters. The molecule has 7 nitrogen and oxygen atoms in total. The van der Waals surface area contributed by atoms with Crippen molar-refractivity contribution >= 4 is 12.0 Å². The second-order valence-electron chi connectivity index (χ2n) is 9.23. The van der Waals surface area contributed by atoms with Gasteiger partial charge in [0.25, 0.3) is 0 Å². The van der Waals surface area contributed by atoms with E-state index in [2.05, 4.69) is 34.9 Å². The Morgan fingerprint density at radius 2 is 1.57 bits per heavy atom. The van der Waals surface area contributed by atoms with Crippen molar-refractivity contribution in [2.75, 3.05) is 13.7 Å². The van der Waals surface area contributed by atoms with Gasteiger partial charge >= 0.3 is 6.09 Å². The number of hydrogen-bond donors (Lipinski definition) is 2. The minimum absolute atomic E-state index is 0.0520. The van der Waals surface area contributed by atoms with Crippen molar-refractivity contribution in [2.45, 2.75) is 38.0 Å². The molecule has 180 valence electrons. The van der Waals surface area contributed by atoms with Crippen molar-refractivity contribution < 1.29 is 23.8 Å². The van der Waals surface area contributed by atoms with Crippen LogP contribution in [0.2, 0.25) is 0 Å². The summed E-state index contributed by atoms with van der Waals surface area (Å²) in [4.78, 5) is 25.3. The zero-order valence-corrected chi connectivity index (χ0v) is 20.0. The van der Waals surface area contributed by atoms with E-state index in [4.69, 9.17) is 14.2 Å². The number of carbonyl (C=O) groups excluding carboxylic acids is 2. The number of ether oxygens (including phenoxy) is 3. The number of amides is 2. The summed E-state index contributed by atoms with van der Waals surface area (Å²) in [5, 5.41) is 5.34. The summed E-state index contributed by atoms with van der Waals surface area (Å²) in [5.74, 6) is 0.171. The first-order valence-corrected chi connectivity index (χ1v) is 11.7. The molecule has 0 aromatic heterocycles. The first kappa shape index (κ1) is 22.8. The van der Waals surface area contributed by atoms with Gasteiger partial charge in [0, 0.05) is 33.2 Å². The molecule has 2 aliphatic rings. The van der Waals surface area contributed by atoms with Gasteiger partial charge in [0.15, 0.2) is 11.5 Å². The molecule has 5 rings (SSSR count). The van der Waals surface area contributed by atoms with Gasteiger partial charge in [-0.15, -0.1) is 0 Å². The van der Waals surface area contributed by atoms with E-state index in [-0.39, 0.29) is 24.9 Å². The fraction of sp³-hybridized carbons (Fsp3) is 0.286. The van der Waals surface area contributed by atoms with Crippen LogP contribution >= 0.6 is 0 Å². The number of likely N-dealkylation sites (N-methyl/N-ethyl adjacent to an activating group) is 1. The molecule has 3 aromatic carbocycles. The van der Waals surface area contributed by atoms with Crippen LogP contribution in [0.25, 0.3) is 11.1 Å². The van der Waals surface area contributed by atoms with Gasteiger partial charge < -0.3 is 24.8 Å². The van der Waals surface area contributed by atoms with Gasteiger partial charge in [0.2, 0.25) is 11.7 Å². The van der Waals surface area contributed by atoms with Crippen LogP contribution in [0, 0.1) is 0 Å². The molecule has 7 heteroatoms. The summed E-state index contributed by atoms with van der Waals surface area (Å²) in [7, 11) is 1.54.